The molecule has 0 aliphatic rings. The number of hydrazine groups is 1. The molecule has 0 fully saturated rings. The Labute approximate surface area is 88.1 Å². The first-order chi connectivity index (χ1) is 7.45. The molecular formula is C7H6N4O5. The van der Waals surface area contributed by atoms with Gasteiger partial charge in [0.15, 0.2) is 0 Å². The number of hydrogen-bond donors (Lipinski definition) is 2. The lowest BCUT2D eigenvalue weighted by atomic mass is 10.1. The van der Waals surface area contributed by atoms with Gasteiger partial charge in [-0.1, -0.05) is 0 Å². The number of nitrogens with two attached hydrogens (primary N) is 1. The molecular weight excluding hydrogens is 220 g/mol. The number of nitrogen functional groups attached to an aromatic ring is 1. The van der Waals surface area contributed by atoms with E-state index in [1.807, 2.05) is 0 Å². The third-order valence-corrected chi connectivity index (χ3v) is 1.72. The van der Waals surface area contributed by atoms with Crippen molar-refractivity contribution in [3.8, 4) is 0 Å². The normalized spacial score (nSPS) is 9.56. The van der Waals surface area contributed by atoms with Crippen LogP contribution < -0.4 is 11.3 Å². The molecule has 0 unspecified atom stereocenters. The maximum Gasteiger partial charge on any atom is 0.277 e. The fraction of sp³-hybridized carbons (Fsp3) is 0. The molecule has 0 spiro atoms. The number of amides is 1. The Hall–Kier alpha value is -2.55. The fourth-order valence-corrected chi connectivity index (χ4v) is 1.02. The number of nitrogens with zero attached hydrogens (tertiary/aromatic N) is 2. The minimum absolute atomic E-state index is 0.247. The molecule has 1 aromatic carbocycles. The quantitative estimate of drug-likeness (QED) is 0.324. The molecule has 3 N–H and O–H groups in total. The molecule has 0 atom stereocenters. The van der Waals surface area contributed by atoms with Crippen LogP contribution in [0.4, 0.5) is 11.4 Å². The fourth-order valence-electron chi connectivity index (χ4n) is 1.02. The zero-order chi connectivity index (χ0) is 12.3. The van der Waals surface area contributed by atoms with E-state index in [9.17, 15) is 25.0 Å². The Balaban J connectivity index is 3.35. The average Bonchev–Trinajstić information content (AvgIpc) is 2.27. The van der Waals surface area contributed by atoms with Gasteiger partial charge >= 0.3 is 0 Å². The average molecular weight is 226 g/mol. The highest BCUT2D eigenvalue weighted by Gasteiger charge is 2.19. The zero-order valence-electron chi connectivity index (χ0n) is 7.75. The van der Waals surface area contributed by atoms with Crippen molar-refractivity contribution in [2.75, 3.05) is 0 Å². The second-order valence-electron chi connectivity index (χ2n) is 2.73. The maximum atomic E-state index is 11.1. The largest absolute Gasteiger partial charge is 0.290 e. The van der Waals surface area contributed by atoms with E-state index in [1.54, 1.807) is 5.43 Å². The van der Waals surface area contributed by atoms with Crippen LogP contribution in [0.5, 0.6) is 0 Å². The van der Waals surface area contributed by atoms with E-state index < -0.39 is 27.1 Å². The minimum atomic E-state index is -0.841. The highest BCUT2D eigenvalue weighted by molar-refractivity contribution is 5.95. The molecule has 1 rings (SSSR count). The van der Waals surface area contributed by atoms with Crippen LogP contribution in [0.2, 0.25) is 0 Å². The van der Waals surface area contributed by atoms with Crippen LogP contribution in [-0.2, 0) is 0 Å². The van der Waals surface area contributed by atoms with Crippen molar-refractivity contribution in [3.63, 3.8) is 0 Å². The van der Waals surface area contributed by atoms with E-state index in [1.165, 1.54) is 0 Å². The molecule has 9 nitrogen and oxygen atoms in total. The summed E-state index contributed by atoms with van der Waals surface area (Å²) in [7, 11) is 0. The molecule has 1 aromatic rings. The van der Waals surface area contributed by atoms with Gasteiger partial charge in [-0.25, -0.2) is 5.84 Å². The van der Waals surface area contributed by atoms with Gasteiger partial charge < -0.3 is 0 Å². The van der Waals surface area contributed by atoms with Crippen molar-refractivity contribution in [2.24, 2.45) is 5.84 Å². The minimum Gasteiger partial charge on any atom is -0.290 e. The second-order valence-corrected chi connectivity index (χ2v) is 2.73. The molecule has 0 aromatic heterocycles. The molecule has 16 heavy (non-hydrogen) atoms. The Morgan fingerprint density at radius 3 is 1.88 bits per heavy atom. The number of hydrogen-bond acceptors (Lipinski definition) is 6. The summed E-state index contributed by atoms with van der Waals surface area (Å²) in [6, 6.07) is 2.55. The number of nitro groups is 2. The van der Waals surface area contributed by atoms with Crippen molar-refractivity contribution in [1.29, 1.82) is 0 Å². The summed E-state index contributed by atoms with van der Waals surface area (Å²) in [5, 5.41) is 20.9. The van der Waals surface area contributed by atoms with E-state index in [0.29, 0.717) is 0 Å². The van der Waals surface area contributed by atoms with Gasteiger partial charge in [0.05, 0.1) is 21.5 Å². The van der Waals surface area contributed by atoms with Gasteiger partial charge in [0.2, 0.25) is 0 Å². The third kappa shape index (κ3) is 2.27. The summed E-state index contributed by atoms with van der Waals surface area (Å²) in [5.74, 6) is 3.98. The van der Waals surface area contributed by atoms with Gasteiger partial charge in [-0.2, -0.15) is 0 Å². The van der Waals surface area contributed by atoms with Crippen molar-refractivity contribution in [1.82, 2.24) is 5.43 Å². The summed E-state index contributed by atoms with van der Waals surface area (Å²) < 4.78 is 0. The Bertz CT molecular complexity index is 440. The number of non-ortho nitro benzene ring substituents is 2. The second kappa shape index (κ2) is 4.31. The topological polar surface area (TPSA) is 141 Å². The van der Waals surface area contributed by atoms with E-state index in [0.717, 1.165) is 18.2 Å². The van der Waals surface area contributed by atoms with Crippen LogP contribution in [0.15, 0.2) is 18.2 Å². The molecule has 84 valence electrons. The zero-order valence-corrected chi connectivity index (χ0v) is 7.75. The lowest BCUT2D eigenvalue weighted by Crippen LogP contribution is -2.30. The molecule has 0 aliphatic carbocycles. The highest BCUT2D eigenvalue weighted by atomic mass is 16.6. The van der Waals surface area contributed by atoms with Gasteiger partial charge in [0.25, 0.3) is 17.3 Å². The van der Waals surface area contributed by atoms with Gasteiger partial charge in [0, 0.05) is 12.1 Å². The molecule has 0 heterocycles. The van der Waals surface area contributed by atoms with Gasteiger partial charge in [-0.3, -0.25) is 30.4 Å². The SMILES string of the molecule is NNC(=O)c1cc([N+](=O)[O-])cc([N+](=O)[O-])c1. The Kier molecular flexibility index (Phi) is 3.11. The lowest BCUT2D eigenvalue weighted by molar-refractivity contribution is -0.394. The summed E-state index contributed by atoms with van der Waals surface area (Å²) in [6.07, 6.45) is 0. The molecule has 9 heteroatoms. The number of nitrogens with one attached hydrogen (secondary N) is 1. The molecule has 0 bridgehead atoms. The molecule has 1 amide bonds. The van der Waals surface area contributed by atoms with E-state index in [2.05, 4.69) is 0 Å². The highest BCUT2D eigenvalue weighted by Crippen LogP contribution is 2.22. The number of rotatable bonds is 3. The predicted octanol–water partition coefficient (Wildman–Crippen LogP) is 0.106. The standard InChI is InChI=1S/C7H6N4O5/c8-9-7(12)4-1-5(10(13)14)3-6(2-4)11(15)16/h1-3H,8H2,(H,9,12). The lowest BCUT2D eigenvalue weighted by Gasteiger charge is -1.99. The van der Waals surface area contributed by atoms with Crippen LogP contribution in [0.3, 0.4) is 0 Å². The van der Waals surface area contributed by atoms with Crippen molar-refractivity contribution < 1.29 is 14.6 Å². The van der Waals surface area contributed by atoms with Crippen LogP contribution in [0, 0.1) is 20.2 Å². The molecule has 0 saturated carbocycles. The number of benzene rings is 1. The summed E-state index contributed by atoms with van der Waals surface area (Å²) in [6.45, 7) is 0. The van der Waals surface area contributed by atoms with Crippen molar-refractivity contribution in [3.05, 3.63) is 44.0 Å². The Morgan fingerprint density at radius 1 is 1.12 bits per heavy atom. The van der Waals surface area contributed by atoms with Crippen LogP contribution in [0.25, 0.3) is 0 Å². The number of carbonyl (C=O) groups excluding carboxylic acids is 1. The molecule has 0 radical (unpaired) electrons. The molecule has 0 aliphatic heterocycles. The smallest absolute Gasteiger partial charge is 0.277 e. The maximum absolute atomic E-state index is 11.1. The van der Waals surface area contributed by atoms with Crippen molar-refractivity contribution in [2.45, 2.75) is 0 Å². The predicted molar refractivity (Wildman–Crippen MR) is 51.4 cm³/mol. The third-order valence-electron chi connectivity index (χ3n) is 1.72. The summed E-state index contributed by atoms with van der Waals surface area (Å²) >= 11 is 0. The Morgan fingerprint density at radius 2 is 1.56 bits per heavy atom. The summed E-state index contributed by atoms with van der Waals surface area (Å²) in [5.41, 5.74) is 0.386. The van der Waals surface area contributed by atoms with Crippen LogP contribution in [0.1, 0.15) is 10.4 Å². The first-order valence-electron chi connectivity index (χ1n) is 3.90. The van der Waals surface area contributed by atoms with E-state index in [4.69, 9.17) is 5.84 Å². The monoisotopic (exact) mass is 226 g/mol. The van der Waals surface area contributed by atoms with Crippen LogP contribution in [-0.4, -0.2) is 15.8 Å². The number of carbonyl (C=O) groups is 1. The van der Waals surface area contributed by atoms with Gasteiger partial charge in [-0.15, -0.1) is 0 Å². The first-order valence-corrected chi connectivity index (χ1v) is 3.90. The van der Waals surface area contributed by atoms with Gasteiger partial charge in [-0.05, 0) is 0 Å². The van der Waals surface area contributed by atoms with Gasteiger partial charge in [0.1, 0.15) is 0 Å². The van der Waals surface area contributed by atoms with Crippen LogP contribution >= 0.6 is 0 Å². The van der Waals surface area contributed by atoms with E-state index in [-0.39, 0.29) is 5.56 Å². The summed E-state index contributed by atoms with van der Waals surface area (Å²) in [4.78, 5) is 30.3. The molecule has 0 saturated heterocycles. The number of nitro benzene ring substituents is 2. The van der Waals surface area contributed by atoms with Crippen molar-refractivity contribution >= 4 is 17.3 Å². The first kappa shape index (κ1) is 11.5. The van der Waals surface area contributed by atoms with E-state index >= 15 is 0 Å².